The van der Waals surface area contributed by atoms with Crippen molar-refractivity contribution in [3.63, 3.8) is 0 Å². The van der Waals surface area contributed by atoms with Gasteiger partial charge < -0.3 is 10.4 Å². The lowest BCUT2D eigenvalue weighted by Crippen LogP contribution is -2.38. The SMILES string of the molecule is CC(C)c1cc(C(=O)NC2CCC(O)CC2)n[nH]1. The molecule has 0 unspecified atom stereocenters. The number of amides is 1. The summed E-state index contributed by atoms with van der Waals surface area (Å²) in [6.07, 6.45) is 3.02. The molecule has 1 aromatic rings. The molecule has 0 spiro atoms. The summed E-state index contributed by atoms with van der Waals surface area (Å²) in [6.45, 7) is 4.11. The normalized spacial score (nSPS) is 24.2. The van der Waals surface area contributed by atoms with Crippen molar-refractivity contribution < 1.29 is 9.90 Å². The first-order chi connectivity index (χ1) is 8.56. The van der Waals surface area contributed by atoms with Crippen LogP contribution < -0.4 is 5.32 Å². The topological polar surface area (TPSA) is 78.0 Å². The van der Waals surface area contributed by atoms with E-state index in [-0.39, 0.29) is 18.1 Å². The third-order valence-corrected chi connectivity index (χ3v) is 3.48. The minimum absolute atomic E-state index is 0.125. The molecule has 1 heterocycles. The lowest BCUT2D eigenvalue weighted by Gasteiger charge is -2.25. The average molecular weight is 251 g/mol. The smallest absolute Gasteiger partial charge is 0.271 e. The van der Waals surface area contributed by atoms with Crippen LogP contribution in [0.5, 0.6) is 0 Å². The number of nitrogens with one attached hydrogen (secondary N) is 2. The molecular formula is C13H21N3O2. The second kappa shape index (κ2) is 5.52. The molecule has 0 radical (unpaired) electrons. The van der Waals surface area contributed by atoms with Gasteiger partial charge in [-0.3, -0.25) is 9.89 Å². The van der Waals surface area contributed by atoms with Crippen molar-refractivity contribution in [3.05, 3.63) is 17.5 Å². The van der Waals surface area contributed by atoms with Crippen LogP contribution in [0.1, 0.15) is 61.6 Å². The molecule has 100 valence electrons. The molecule has 1 aromatic heterocycles. The monoisotopic (exact) mass is 251 g/mol. The molecule has 3 N–H and O–H groups in total. The highest BCUT2D eigenvalue weighted by molar-refractivity contribution is 5.92. The predicted molar refractivity (Wildman–Crippen MR) is 68.4 cm³/mol. The van der Waals surface area contributed by atoms with Gasteiger partial charge in [0.2, 0.25) is 0 Å². The Bertz CT molecular complexity index is 406. The quantitative estimate of drug-likeness (QED) is 0.763. The average Bonchev–Trinajstić information content (AvgIpc) is 2.81. The Kier molecular flexibility index (Phi) is 4.01. The van der Waals surface area contributed by atoms with Gasteiger partial charge in [0.15, 0.2) is 0 Å². The lowest BCUT2D eigenvalue weighted by atomic mass is 9.93. The van der Waals surface area contributed by atoms with E-state index in [2.05, 4.69) is 29.4 Å². The molecule has 1 aliphatic rings. The van der Waals surface area contributed by atoms with E-state index in [0.717, 1.165) is 31.4 Å². The van der Waals surface area contributed by atoms with E-state index in [0.29, 0.717) is 11.6 Å². The van der Waals surface area contributed by atoms with E-state index in [1.807, 2.05) is 0 Å². The number of H-pyrrole nitrogens is 1. The number of hydrogen-bond acceptors (Lipinski definition) is 3. The maximum absolute atomic E-state index is 12.0. The van der Waals surface area contributed by atoms with Crippen molar-refractivity contribution in [1.82, 2.24) is 15.5 Å². The maximum atomic E-state index is 12.0. The number of aromatic nitrogens is 2. The van der Waals surface area contributed by atoms with Gasteiger partial charge >= 0.3 is 0 Å². The van der Waals surface area contributed by atoms with E-state index >= 15 is 0 Å². The lowest BCUT2D eigenvalue weighted by molar-refractivity contribution is 0.0863. The van der Waals surface area contributed by atoms with Crippen LogP contribution in [0.3, 0.4) is 0 Å². The van der Waals surface area contributed by atoms with Gasteiger partial charge in [0.05, 0.1) is 6.10 Å². The summed E-state index contributed by atoms with van der Waals surface area (Å²) in [6, 6.07) is 1.97. The van der Waals surface area contributed by atoms with Gasteiger partial charge in [0.25, 0.3) is 5.91 Å². The van der Waals surface area contributed by atoms with Crippen LogP contribution in [-0.4, -0.2) is 33.4 Å². The Morgan fingerprint density at radius 1 is 1.44 bits per heavy atom. The van der Waals surface area contributed by atoms with Crippen molar-refractivity contribution in [2.75, 3.05) is 0 Å². The summed E-state index contributed by atoms with van der Waals surface area (Å²) in [7, 11) is 0. The van der Waals surface area contributed by atoms with Gasteiger partial charge in [-0.05, 0) is 37.7 Å². The zero-order valence-corrected chi connectivity index (χ0v) is 10.9. The van der Waals surface area contributed by atoms with Crippen LogP contribution >= 0.6 is 0 Å². The second-order valence-corrected chi connectivity index (χ2v) is 5.34. The maximum Gasteiger partial charge on any atom is 0.271 e. The van der Waals surface area contributed by atoms with Crippen molar-refractivity contribution in [2.24, 2.45) is 0 Å². The van der Waals surface area contributed by atoms with Crippen molar-refractivity contribution >= 4 is 5.91 Å². The summed E-state index contributed by atoms with van der Waals surface area (Å²) < 4.78 is 0. The molecule has 1 fully saturated rings. The van der Waals surface area contributed by atoms with E-state index in [9.17, 15) is 9.90 Å². The fourth-order valence-corrected chi connectivity index (χ4v) is 2.23. The highest BCUT2D eigenvalue weighted by Crippen LogP contribution is 2.19. The van der Waals surface area contributed by atoms with Gasteiger partial charge in [0.1, 0.15) is 5.69 Å². The number of hydrogen-bond donors (Lipinski definition) is 3. The largest absolute Gasteiger partial charge is 0.393 e. The summed E-state index contributed by atoms with van der Waals surface area (Å²) in [5.74, 6) is 0.211. The molecule has 0 saturated heterocycles. The minimum atomic E-state index is -0.198. The predicted octanol–water partition coefficient (Wildman–Crippen LogP) is 1.57. The highest BCUT2D eigenvalue weighted by atomic mass is 16.3. The van der Waals surface area contributed by atoms with E-state index in [4.69, 9.17) is 0 Å². The molecular weight excluding hydrogens is 230 g/mol. The molecule has 0 aliphatic heterocycles. The summed E-state index contributed by atoms with van der Waals surface area (Å²) in [5.41, 5.74) is 1.42. The van der Waals surface area contributed by atoms with Gasteiger partial charge in [-0.1, -0.05) is 13.8 Å². The number of carbonyl (C=O) groups is 1. The summed E-state index contributed by atoms with van der Waals surface area (Å²) >= 11 is 0. The molecule has 5 heteroatoms. The Labute approximate surface area is 107 Å². The number of aliphatic hydroxyl groups excluding tert-OH is 1. The molecule has 0 aromatic carbocycles. The van der Waals surface area contributed by atoms with Crippen molar-refractivity contribution in [2.45, 2.75) is 57.6 Å². The third kappa shape index (κ3) is 3.10. The van der Waals surface area contributed by atoms with Crippen LogP contribution in [-0.2, 0) is 0 Å². The van der Waals surface area contributed by atoms with Crippen LogP contribution in [0, 0.1) is 0 Å². The Morgan fingerprint density at radius 2 is 2.11 bits per heavy atom. The van der Waals surface area contributed by atoms with Crippen LogP contribution in [0.4, 0.5) is 0 Å². The van der Waals surface area contributed by atoms with Crippen LogP contribution in [0.15, 0.2) is 6.07 Å². The first kappa shape index (κ1) is 13.1. The molecule has 0 bridgehead atoms. The number of carbonyl (C=O) groups excluding carboxylic acids is 1. The third-order valence-electron chi connectivity index (χ3n) is 3.48. The van der Waals surface area contributed by atoms with E-state index < -0.39 is 0 Å². The van der Waals surface area contributed by atoms with Crippen LogP contribution in [0.2, 0.25) is 0 Å². The molecule has 1 amide bonds. The Hall–Kier alpha value is -1.36. The molecule has 18 heavy (non-hydrogen) atoms. The number of aromatic amines is 1. The van der Waals surface area contributed by atoms with Crippen LogP contribution in [0.25, 0.3) is 0 Å². The number of rotatable bonds is 3. The molecule has 2 rings (SSSR count). The number of nitrogens with zero attached hydrogens (tertiary/aromatic N) is 1. The fraction of sp³-hybridized carbons (Fsp3) is 0.692. The number of aliphatic hydroxyl groups is 1. The standard InChI is InChI=1S/C13H21N3O2/c1-8(2)11-7-12(16-15-11)13(18)14-9-3-5-10(17)6-4-9/h7-10,17H,3-6H2,1-2H3,(H,14,18)(H,15,16). The molecule has 5 nitrogen and oxygen atoms in total. The Morgan fingerprint density at radius 3 is 2.67 bits per heavy atom. The molecule has 0 atom stereocenters. The van der Waals surface area contributed by atoms with Crippen molar-refractivity contribution in [3.8, 4) is 0 Å². The first-order valence-electron chi connectivity index (χ1n) is 6.60. The van der Waals surface area contributed by atoms with Gasteiger partial charge in [-0.25, -0.2) is 0 Å². The fourth-order valence-electron chi connectivity index (χ4n) is 2.23. The minimum Gasteiger partial charge on any atom is -0.393 e. The Balaban J connectivity index is 1.91. The zero-order valence-electron chi connectivity index (χ0n) is 10.9. The zero-order chi connectivity index (χ0) is 13.1. The second-order valence-electron chi connectivity index (χ2n) is 5.34. The van der Waals surface area contributed by atoms with Gasteiger partial charge in [-0.2, -0.15) is 5.10 Å². The van der Waals surface area contributed by atoms with E-state index in [1.165, 1.54) is 0 Å². The summed E-state index contributed by atoms with van der Waals surface area (Å²) in [4.78, 5) is 12.0. The van der Waals surface area contributed by atoms with Gasteiger partial charge in [0, 0.05) is 11.7 Å². The van der Waals surface area contributed by atoms with E-state index in [1.54, 1.807) is 6.07 Å². The molecule has 1 saturated carbocycles. The van der Waals surface area contributed by atoms with Gasteiger partial charge in [-0.15, -0.1) is 0 Å². The highest BCUT2D eigenvalue weighted by Gasteiger charge is 2.22. The molecule has 1 aliphatic carbocycles. The van der Waals surface area contributed by atoms with Crippen molar-refractivity contribution in [1.29, 1.82) is 0 Å². The summed E-state index contributed by atoms with van der Waals surface area (Å²) in [5, 5.41) is 19.3. The first-order valence-corrected chi connectivity index (χ1v) is 6.60.